The van der Waals surface area contributed by atoms with Crippen molar-refractivity contribution in [1.29, 1.82) is 0 Å². The second-order valence-corrected chi connectivity index (χ2v) is 6.37. The molecule has 0 rings (SSSR count). The zero-order chi connectivity index (χ0) is 24.5. The van der Waals surface area contributed by atoms with Gasteiger partial charge in [-0.25, -0.2) is 21.6 Å². The third-order valence-electron chi connectivity index (χ3n) is 3.29. The number of hydrogen-bond acceptors (Lipinski definition) is 3. The van der Waals surface area contributed by atoms with E-state index in [4.69, 9.17) is 0 Å². The lowest BCUT2D eigenvalue weighted by Gasteiger charge is -2.50. The van der Waals surface area contributed by atoms with Gasteiger partial charge in [-0.15, -0.1) is 0 Å². The molecule has 0 aromatic carbocycles. The van der Waals surface area contributed by atoms with Gasteiger partial charge in [0.05, 0.1) is 0 Å². The Labute approximate surface area is 146 Å². The predicted octanol–water partition coefficient (Wildman–Crippen LogP) is 4.70. The fourth-order valence-electron chi connectivity index (χ4n) is 1.99. The molecule has 0 aliphatic heterocycles. The minimum absolute atomic E-state index is 8.51. The van der Waals surface area contributed by atoms with Crippen molar-refractivity contribution in [3.05, 3.63) is 0 Å². The molecule has 0 amide bonds. The fraction of sp³-hybridized carbons (Fsp3) is 1.00. The van der Waals surface area contributed by atoms with E-state index in [0.29, 0.717) is 0 Å². The second-order valence-electron chi connectivity index (χ2n) is 4.94. The topological polar surface area (TPSA) is 57.2 Å². The molecule has 0 aliphatic carbocycles. The van der Waals surface area contributed by atoms with Crippen molar-refractivity contribution in [2.75, 3.05) is 0 Å². The van der Waals surface area contributed by atoms with Gasteiger partial charge in [0.15, 0.2) is 10.1 Å². The van der Waals surface area contributed by atoms with Gasteiger partial charge in [-0.05, 0) is 0 Å². The van der Waals surface area contributed by atoms with Crippen LogP contribution in [0.5, 0.6) is 0 Å². The van der Waals surface area contributed by atoms with Gasteiger partial charge in [-0.2, -0.15) is 61.5 Å². The lowest BCUT2D eigenvalue weighted by atomic mass is 9.71. The molecule has 0 heterocycles. The van der Waals surface area contributed by atoms with Gasteiger partial charge in [0.25, 0.3) is 0 Å². The fourth-order valence-corrected chi connectivity index (χ4v) is 2.73. The van der Waals surface area contributed by atoms with Crippen LogP contribution in [0.2, 0.25) is 0 Å². The van der Waals surface area contributed by atoms with Crippen LogP contribution in [0.25, 0.3) is 0 Å². The Kier molecular flexibility index (Phi) is 6.08. The molecule has 176 valence electrons. The van der Waals surface area contributed by atoms with Crippen molar-refractivity contribution in [2.45, 2.75) is 41.6 Å². The van der Waals surface area contributed by atoms with Crippen molar-refractivity contribution in [3.63, 3.8) is 0 Å². The van der Waals surface area contributed by atoms with Crippen molar-refractivity contribution in [3.8, 4) is 0 Å². The van der Waals surface area contributed by atoms with Crippen LogP contribution in [0, 0.1) is 5.41 Å². The first-order valence-corrected chi connectivity index (χ1v) is 7.08. The molecule has 0 aromatic heterocycles. The molecule has 0 N–H and O–H groups in total. The van der Waals surface area contributed by atoms with Gasteiger partial charge >= 0.3 is 47.0 Å². The molecule has 0 atom stereocenters. The highest BCUT2D eigenvalue weighted by atomic mass is 32.2. The maximum atomic E-state index is 13.7. The lowest BCUT2D eigenvalue weighted by Crippen LogP contribution is -2.80. The van der Waals surface area contributed by atoms with Crippen LogP contribution in [0.1, 0.15) is 0 Å². The molecule has 0 fully saturated rings. The molecule has 0 aliphatic rings. The molecule has 0 unspecified atom stereocenters. The molecule has 0 spiro atoms. The Bertz CT molecular complexity index is 692. The Morgan fingerprint density at radius 3 is 0.862 bits per heavy atom. The molecule has 3 nitrogen and oxygen atoms in total. The molecule has 0 saturated carbocycles. The van der Waals surface area contributed by atoms with E-state index in [0.717, 1.165) is 0 Å². The summed E-state index contributed by atoms with van der Waals surface area (Å²) in [7, 11) is -8.77. The smallest absolute Gasteiger partial charge is 0.437 e. The Morgan fingerprint density at radius 2 is 0.724 bits per heavy atom. The molecule has 29 heavy (non-hydrogen) atoms. The van der Waals surface area contributed by atoms with Crippen LogP contribution in [0.4, 0.5) is 74.6 Å². The zero-order valence-corrected chi connectivity index (χ0v) is 12.9. The molecule has 0 bridgehead atoms. The van der Waals surface area contributed by atoms with E-state index in [-0.39, 0.29) is 0 Å². The van der Waals surface area contributed by atoms with Crippen LogP contribution >= 0.6 is 0 Å². The molecule has 0 radical (unpaired) electrons. The largest absolute Gasteiger partial charge is 0.743 e. The third-order valence-corrected chi connectivity index (χ3v) is 4.22. The van der Waals surface area contributed by atoms with Crippen molar-refractivity contribution >= 4 is 10.1 Å². The highest BCUT2D eigenvalue weighted by Gasteiger charge is 3.02. The van der Waals surface area contributed by atoms with Gasteiger partial charge in [-0.1, -0.05) is 0 Å². The van der Waals surface area contributed by atoms with E-state index in [9.17, 15) is 87.6 Å². The number of hydrogen-bond donors (Lipinski definition) is 0. The predicted molar refractivity (Wildman–Crippen MR) is 50.1 cm³/mol. The van der Waals surface area contributed by atoms with Gasteiger partial charge in [0.2, 0.25) is 0 Å². The zero-order valence-electron chi connectivity index (χ0n) is 12.1. The quantitative estimate of drug-likeness (QED) is 0.417. The van der Waals surface area contributed by atoms with E-state index in [1.165, 1.54) is 0 Å². The normalized spacial score (nSPS) is 16.9. The summed E-state index contributed by atoms with van der Waals surface area (Å²) in [6.07, 6.45) is -34.7. The summed E-state index contributed by atoms with van der Waals surface area (Å²) in [6, 6.07) is 0. The van der Waals surface area contributed by atoms with E-state index in [1.807, 2.05) is 0 Å². The number of alkyl halides is 17. The summed E-state index contributed by atoms with van der Waals surface area (Å²) in [4.78, 5) is 0. The minimum Gasteiger partial charge on any atom is -0.743 e. The standard InChI is InChI=1S/C8HF17O3S/c9-2(6(18,19)20,7(21,22)23)3(10,11)1(4(12,13)14,5(15,16)17)8(24,25)29(26,27)28/h(H,26,27,28)/p-1. The Morgan fingerprint density at radius 1 is 0.483 bits per heavy atom. The summed E-state index contributed by atoms with van der Waals surface area (Å²) >= 11 is 0. The van der Waals surface area contributed by atoms with E-state index >= 15 is 0 Å². The van der Waals surface area contributed by atoms with Gasteiger partial charge < -0.3 is 4.55 Å². The van der Waals surface area contributed by atoms with E-state index in [1.54, 1.807) is 0 Å². The number of halogens is 17. The first-order chi connectivity index (χ1) is 12.0. The van der Waals surface area contributed by atoms with Crippen molar-refractivity contribution in [2.24, 2.45) is 5.41 Å². The average Bonchev–Trinajstić information content (AvgIpc) is 2.28. The van der Waals surface area contributed by atoms with Crippen molar-refractivity contribution < 1.29 is 87.6 Å². The summed E-state index contributed by atoms with van der Waals surface area (Å²) in [5.74, 6) is -9.45. The lowest BCUT2D eigenvalue weighted by molar-refractivity contribution is -0.494. The van der Waals surface area contributed by atoms with Crippen LogP contribution in [0.3, 0.4) is 0 Å². The first-order valence-electron chi connectivity index (χ1n) is 5.67. The molecule has 0 saturated heterocycles. The molecule has 0 aromatic rings. The molecular formula is C8F17O3S-. The minimum atomic E-state index is -9.45. The second kappa shape index (κ2) is 6.36. The molecular weight excluding hydrogens is 499 g/mol. The van der Waals surface area contributed by atoms with Gasteiger partial charge in [-0.3, -0.25) is 0 Å². The maximum Gasteiger partial charge on any atom is 0.437 e. The third kappa shape index (κ3) is 3.26. The van der Waals surface area contributed by atoms with Crippen LogP contribution < -0.4 is 0 Å². The monoisotopic (exact) mass is 499 g/mol. The average molecular weight is 499 g/mol. The summed E-state index contributed by atoms with van der Waals surface area (Å²) in [6.45, 7) is 0. The Balaban J connectivity index is 8.14. The highest BCUT2D eigenvalue weighted by molar-refractivity contribution is 7.86. The van der Waals surface area contributed by atoms with Gasteiger partial charge in [0, 0.05) is 0 Å². The molecule has 21 heteroatoms. The van der Waals surface area contributed by atoms with Crippen LogP contribution in [-0.4, -0.2) is 54.5 Å². The van der Waals surface area contributed by atoms with E-state index in [2.05, 4.69) is 0 Å². The van der Waals surface area contributed by atoms with Crippen LogP contribution in [0.15, 0.2) is 0 Å². The first kappa shape index (κ1) is 27.7. The van der Waals surface area contributed by atoms with Crippen molar-refractivity contribution in [1.82, 2.24) is 0 Å². The Hall–Kier alpha value is -1.28. The highest BCUT2D eigenvalue weighted by Crippen LogP contribution is 2.73. The summed E-state index contributed by atoms with van der Waals surface area (Å²) < 4.78 is 248. The summed E-state index contributed by atoms with van der Waals surface area (Å²) in [5.41, 5.74) is -18.4. The number of rotatable bonds is 4. The van der Waals surface area contributed by atoms with E-state index < -0.39 is 57.1 Å². The summed E-state index contributed by atoms with van der Waals surface area (Å²) in [5, 5.41) is -8.73. The maximum absolute atomic E-state index is 13.7. The SMILES string of the molecule is O=S(=O)([O-])C(F)(F)C(C(F)(F)F)(C(F)(F)F)C(F)(F)C(F)(C(F)(F)F)C(F)(F)F. The van der Waals surface area contributed by atoms with Crippen LogP contribution in [-0.2, 0) is 10.1 Å². The van der Waals surface area contributed by atoms with Gasteiger partial charge in [0.1, 0.15) is 0 Å².